The van der Waals surface area contributed by atoms with E-state index in [0.717, 1.165) is 0 Å². The number of aromatic amines is 1. The summed E-state index contributed by atoms with van der Waals surface area (Å²) in [5, 5.41) is 10.3. The highest BCUT2D eigenvalue weighted by Gasteiger charge is 1.97. The summed E-state index contributed by atoms with van der Waals surface area (Å²) in [5.74, 6) is 0.131. The lowest BCUT2D eigenvalue weighted by atomic mass is 10.6. The smallest absolute Gasteiger partial charge is 0.251 e. The van der Waals surface area contributed by atoms with Crippen LogP contribution in [0.25, 0.3) is 0 Å². The molecule has 1 aromatic rings. The molecule has 1 heterocycles. The first kappa shape index (κ1) is 8.79. The van der Waals surface area contributed by atoms with Gasteiger partial charge in [0.1, 0.15) is 6.33 Å². The first-order chi connectivity index (χ1) is 5.83. The summed E-state index contributed by atoms with van der Waals surface area (Å²) in [5.41, 5.74) is 0. The van der Waals surface area contributed by atoms with E-state index in [0.29, 0.717) is 5.95 Å². The van der Waals surface area contributed by atoms with Crippen LogP contribution >= 0.6 is 11.8 Å². The normalized spacial score (nSPS) is 10.4. The Morgan fingerprint density at radius 1 is 1.83 bits per heavy atom. The van der Waals surface area contributed by atoms with E-state index in [1.165, 1.54) is 24.2 Å². The van der Waals surface area contributed by atoms with E-state index in [1.807, 2.05) is 6.26 Å². The van der Waals surface area contributed by atoms with Gasteiger partial charge in [0.05, 0.1) is 0 Å². The summed E-state index contributed by atoms with van der Waals surface area (Å²) in [6, 6.07) is 0. The molecule has 1 amide bonds. The second-order valence-electron chi connectivity index (χ2n) is 1.86. The molecule has 12 heavy (non-hydrogen) atoms. The van der Waals surface area contributed by atoms with E-state index in [1.54, 1.807) is 5.41 Å². The molecule has 0 unspecified atom stereocenters. The second kappa shape index (κ2) is 4.55. The maximum absolute atomic E-state index is 11.0. The van der Waals surface area contributed by atoms with Gasteiger partial charge in [-0.05, 0) is 11.7 Å². The molecule has 0 aliphatic heterocycles. The lowest BCUT2D eigenvalue weighted by Crippen LogP contribution is -2.08. The summed E-state index contributed by atoms with van der Waals surface area (Å²) >= 11 is 1.45. The number of carbonyl (C=O) groups is 1. The van der Waals surface area contributed by atoms with Gasteiger partial charge in [0.15, 0.2) is 0 Å². The number of amides is 1. The van der Waals surface area contributed by atoms with Gasteiger partial charge in [-0.25, -0.2) is 5.10 Å². The van der Waals surface area contributed by atoms with Gasteiger partial charge in [0.25, 0.3) is 5.91 Å². The van der Waals surface area contributed by atoms with E-state index >= 15 is 0 Å². The number of nitrogens with zero attached hydrogens (tertiary/aromatic N) is 2. The lowest BCUT2D eigenvalue weighted by molar-refractivity contribution is -0.111. The molecule has 64 valence electrons. The highest BCUT2D eigenvalue weighted by atomic mass is 32.2. The van der Waals surface area contributed by atoms with Crippen LogP contribution < -0.4 is 5.32 Å². The standard InChI is InChI=1S/C6H8N4OS/c1-12-3-2-5(11)9-6-7-4-8-10-6/h2-4H,1H3,(H2,7,8,9,10,11)/b3-2+. The minimum absolute atomic E-state index is 0.221. The zero-order valence-electron chi connectivity index (χ0n) is 6.44. The Bertz CT molecular complexity index is 269. The maximum Gasteiger partial charge on any atom is 0.251 e. The second-order valence-corrected chi connectivity index (χ2v) is 2.61. The fourth-order valence-electron chi connectivity index (χ4n) is 0.554. The first-order valence-corrected chi connectivity index (χ1v) is 4.47. The van der Waals surface area contributed by atoms with Gasteiger partial charge in [0.2, 0.25) is 5.95 Å². The number of aromatic nitrogens is 3. The molecule has 0 fully saturated rings. The number of hydrogen-bond donors (Lipinski definition) is 2. The van der Waals surface area contributed by atoms with Crippen molar-refractivity contribution in [3.05, 3.63) is 17.8 Å². The largest absolute Gasteiger partial charge is 0.291 e. The molecule has 0 saturated heterocycles. The van der Waals surface area contributed by atoms with Crippen molar-refractivity contribution in [2.45, 2.75) is 0 Å². The number of H-pyrrole nitrogens is 1. The highest BCUT2D eigenvalue weighted by molar-refractivity contribution is 8.01. The number of carbonyl (C=O) groups excluding carboxylic acids is 1. The molecule has 0 bridgehead atoms. The lowest BCUT2D eigenvalue weighted by Gasteiger charge is -1.93. The third-order valence-electron chi connectivity index (χ3n) is 1.01. The Labute approximate surface area is 73.7 Å². The average Bonchev–Trinajstić information content (AvgIpc) is 2.53. The van der Waals surface area contributed by atoms with Crippen LogP contribution in [-0.4, -0.2) is 27.3 Å². The Hall–Kier alpha value is -1.30. The number of rotatable bonds is 3. The molecule has 0 saturated carbocycles. The molecule has 0 radical (unpaired) electrons. The maximum atomic E-state index is 11.0. The average molecular weight is 184 g/mol. The summed E-state index contributed by atoms with van der Waals surface area (Å²) in [4.78, 5) is 14.7. The van der Waals surface area contributed by atoms with E-state index in [9.17, 15) is 4.79 Å². The highest BCUT2D eigenvalue weighted by Crippen LogP contribution is 1.96. The van der Waals surface area contributed by atoms with Crippen molar-refractivity contribution in [2.75, 3.05) is 11.6 Å². The predicted octanol–water partition coefficient (Wildman–Crippen LogP) is 0.620. The molecule has 0 atom stereocenters. The van der Waals surface area contributed by atoms with E-state index in [2.05, 4.69) is 20.5 Å². The number of nitrogens with one attached hydrogen (secondary N) is 2. The Morgan fingerprint density at radius 2 is 2.67 bits per heavy atom. The van der Waals surface area contributed by atoms with Crippen molar-refractivity contribution in [1.29, 1.82) is 0 Å². The van der Waals surface area contributed by atoms with Gasteiger partial charge in [-0.15, -0.1) is 11.8 Å². The van der Waals surface area contributed by atoms with E-state index in [4.69, 9.17) is 0 Å². The third-order valence-corrected chi connectivity index (χ3v) is 1.42. The third kappa shape index (κ3) is 2.75. The zero-order chi connectivity index (χ0) is 8.81. The molecule has 1 rings (SSSR count). The molecule has 0 aromatic carbocycles. The zero-order valence-corrected chi connectivity index (χ0v) is 7.26. The Kier molecular flexibility index (Phi) is 3.34. The van der Waals surface area contributed by atoms with Crippen molar-refractivity contribution in [2.24, 2.45) is 0 Å². The summed E-state index contributed by atoms with van der Waals surface area (Å²) in [7, 11) is 0. The monoisotopic (exact) mass is 184 g/mol. The molecular weight excluding hydrogens is 176 g/mol. The minimum atomic E-state index is -0.221. The van der Waals surface area contributed by atoms with Crippen LogP contribution in [0.3, 0.4) is 0 Å². The van der Waals surface area contributed by atoms with Gasteiger partial charge >= 0.3 is 0 Å². The van der Waals surface area contributed by atoms with Crippen LogP contribution in [0, 0.1) is 0 Å². The SMILES string of the molecule is CS/C=C/C(=O)Nc1ncn[nH]1. The van der Waals surface area contributed by atoms with Crippen LogP contribution in [0.1, 0.15) is 0 Å². The molecule has 2 N–H and O–H groups in total. The van der Waals surface area contributed by atoms with Crippen LogP contribution in [0.2, 0.25) is 0 Å². The summed E-state index contributed by atoms with van der Waals surface area (Å²) < 4.78 is 0. The molecule has 0 aliphatic rings. The van der Waals surface area contributed by atoms with Crippen LogP contribution in [0.5, 0.6) is 0 Å². The number of anilines is 1. The molecule has 0 aliphatic carbocycles. The van der Waals surface area contributed by atoms with Gasteiger partial charge in [0, 0.05) is 6.08 Å². The van der Waals surface area contributed by atoms with Gasteiger partial charge in [-0.2, -0.15) is 10.1 Å². The Morgan fingerprint density at radius 3 is 3.25 bits per heavy atom. The van der Waals surface area contributed by atoms with Gasteiger partial charge in [-0.3, -0.25) is 10.1 Å². The molecule has 1 aromatic heterocycles. The van der Waals surface area contributed by atoms with Crippen molar-refractivity contribution in [3.63, 3.8) is 0 Å². The van der Waals surface area contributed by atoms with Crippen LogP contribution in [-0.2, 0) is 4.79 Å². The van der Waals surface area contributed by atoms with E-state index < -0.39 is 0 Å². The summed E-state index contributed by atoms with van der Waals surface area (Å²) in [6.45, 7) is 0. The minimum Gasteiger partial charge on any atom is -0.291 e. The number of hydrogen-bond acceptors (Lipinski definition) is 4. The van der Waals surface area contributed by atoms with Gasteiger partial charge in [-0.1, -0.05) is 0 Å². The fraction of sp³-hybridized carbons (Fsp3) is 0.167. The van der Waals surface area contributed by atoms with Crippen molar-refractivity contribution < 1.29 is 4.79 Å². The summed E-state index contributed by atoms with van der Waals surface area (Å²) in [6.07, 6.45) is 4.62. The van der Waals surface area contributed by atoms with Crippen LogP contribution in [0.4, 0.5) is 5.95 Å². The van der Waals surface area contributed by atoms with Crippen molar-refractivity contribution >= 4 is 23.6 Å². The van der Waals surface area contributed by atoms with Crippen molar-refractivity contribution in [3.8, 4) is 0 Å². The van der Waals surface area contributed by atoms with Crippen molar-refractivity contribution in [1.82, 2.24) is 15.2 Å². The van der Waals surface area contributed by atoms with E-state index in [-0.39, 0.29) is 5.91 Å². The predicted molar refractivity (Wildman–Crippen MR) is 47.7 cm³/mol. The fourth-order valence-corrected chi connectivity index (χ4v) is 0.814. The molecule has 0 spiro atoms. The van der Waals surface area contributed by atoms with Crippen LogP contribution in [0.15, 0.2) is 17.8 Å². The molecule has 5 nitrogen and oxygen atoms in total. The van der Waals surface area contributed by atoms with Gasteiger partial charge < -0.3 is 0 Å². The topological polar surface area (TPSA) is 70.7 Å². The molecule has 6 heteroatoms. The Balaban J connectivity index is 2.42. The number of thioether (sulfide) groups is 1. The first-order valence-electron chi connectivity index (χ1n) is 3.18. The molecular formula is C6H8N4OS. The quantitative estimate of drug-likeness (QED) is 0.675.